The predicted molar refractivity (Wildman–Crippen MR) is 93.9 cm³/mol. The van der Waals surface area contributed by atoms with Crippen molar-refractivity contribution in [2.24, 2.45) is 0 Å². The van der Waals surface area contributed by atoms with Crippen molar-refractivity contribution >= 4 is 40.4 Å². The monoisotopic (exact) mass is 379 g/mol. The number of fused-ring (bicyclic) bond motifs is 1. The first-order valence-corrected chi connectivity index (χ1v) is 8.71. The number of carbonyl (C=O) groups is 2. The summed E-state index contributed by atoms with van der Waals surface area (Å²) in [6, 6.07) is 7.44. The van der Waals surface area contributed by atoms with Crippen LogP contribution in [0.1, 0.15) is 32.5 Å². The average Bonchev–Trinajstić information content (AvgIpc) is 3.10. The molecule has 0 aliphatic carbocycles. The topological polar surface area (TPSA) is 83.8 Å². The lowest BCUT2D eigenvalue weighted by molar-refractivity contribution is -0.384. The van der Waals surface area contributed by atoms with E-state index >= 15 is 0 Å². The number of non-ortho nitro benzene ring substituents is 1. The fourth-order valence-electron chi connectivity index (χ4n) is 2.64. The highest BCUT2D eigenvalue weighted by molar-refractivity contribution is 7.16. The molecular weight excluding hydrogens is 366 g/mol. The van der Waals surface area contributed by atoms with Crippen LogP contribution in [0.2, 0.25) is 4.34 Å². The number of amides is 2. The molecule has 0 spiro atoms. The number of hydrogen-bond donors (Lipinski definition) is 0. The summed E-state index contributed by atoms with van der Waals surface area (Å²) in [6.07, 6.45) is 0. The number of carbonyl (C=O) groups excluding carboxylic acids is 2. The van der Waals surface area contributed by atoms with Crippen LogP contribution in [0.15, 0.2) is 30.3 Å². The number of benzene rings is 1. The van der Waals surface area contributed by atoms with Crippen molar-refractivity contribution in [1.29, 1.82) is 0 Å². The molecule has 0 saturated heterocycles. The molecule has 7 nitrogen and oxygen atoms in total. The minimum Gasteiger partial charge on any atom is -0.281 e. The van der Waals surface area contributed by atoms with Crippen molar-refractivity contribution in [1.82, 2.24) is 9.80 Å². The second-order valence-electron chi connectivity index (χ2n) is 5.52. The van der Waals surface area contributed by atoms with Gasteiger partial charge >= 0.3 is 0 Å². The van der Waals surface area contributed by atoms with Crippen molar-refractivity contribution in [3.8, 4) is 0 Å². The third-order valence-corrected chi connectivity index (χ3v) is 5.18. The number of hydrogen-bond acceptors (Lipinski definition) is 6. The van der Waals surface area contributed by atoms with Gasteiger partial charge in [0.15, 0.2) is 0 Å². The lowest BCUT2D eigenvalue weighted by atomic mass is 10.1. The molecule has 130 valence electrons. The lowest BCUT2D eigenvalue weighted by Crippen LogP contribution is -2.40. The quantitative estimate of drug-likeness (QED) is 0.436. The minimum atomic E-state index is -0.584. The highest BCUT2D eigenvalue weighted by Gasteiger charge is 2.37. The Kier molecular flexibility index (Phi) is 4.85. The first-order chi connectivity index (χ1) is 11.9. The van der Waals surface area contributed by atoms with Crippen LogP contribution in [0.5, 0.6) is 0 Å². The number of imide groups is 1. The Morgan fingerprint density at radius 3 is 2.52 bits per heavy atom. The molecule has 1 aliphatic heterocycles. The molecule has 0 atom stereocenters. The van der Waals surface area contributed by atoms with Gasteiger partial charge in [-0.15, -0.1) is 11.3 Å². The van der Waals surface area contributed by atoms with E-state index in [9.17, 15) is 19.7 Å². The third-order valence-electron chi connectivity index (χ3n) is 3.96. The van der Waals surface area contributed by atoms with Crippen LogP contribution in [0.4, 0.5) is 5.69 Å². The van der Waals surface area contributed by atoms with Crippen LogP contribution in [-0.4, -0.2) is 39.8 Å². The number of halogens is 1. The largest absolute Gasteiger partial charge is 0.281 e. The molecule has 0 fully saturated rings. The standard InChI is InChI=1S/C16H14ClN3O4S/c1-2-18(8-11-4-6-14(17)25-11)9-19-15(21)12-5-3-10(20(23)24)7-13(12)16(19)22/h3-7H,2,8-9H2,1H3. The van der Waals surface area contributed by atoms with E-state index in [2.05, 4.69) is 0 Å². The first kappa shape index (κ1) is 17.5. The molecular formula is C16H14ClN3O4S. The maximum Gasteiger partial charge on any atom is 0.270 e. The summed E-state index contributed by atoms with van der Waals surface area (Å²) in [5.41, 5.74) is 0.0718. The number of nitro groups is 1. The Morgan fingerprint density at radius 1 is 1.20 bits per heavy atom. The van der Waals surface area contributed by atoms with E-state index in [0.29, 0.717) is 17.4 Å². The second-order valence-corrected chi connectivity index (χ2v) is 7.32. The fraction of sp³-hybridized carbons (Fsp3) is 0.250. The van der Waals surface area contributed by atoms with Gasteiger partial charge in [-0.25, -0.2) is 0 Å². The summed E-state index contributed by atoms with van der Waals surface area (Å²) in [4.78, 5) is 39.4. The number of rotatable bonds is 6. The van der Waals surface area contributed by atoms with Crippen molar-refractivity contribution in [2.45, 2.75) is 13.5 Å². The van der Waals surface area contributed by atoms with Gasteiger partial charge in [-0.3, -0.25) is 29.5 Å². The van der Waals surface area contributed by atoms with Crippen molar-refractivity contribution in [2.75, 3.05) is 13.2 Å². The summed E-state index contributed by atoms with van der Waals surface area (Å²) < 4.78 is 0.680. The van der Waals surface area contributed by atoms with Gasteiger partial charge < -0.3 is 0 Å². The van der Waals surface area contributed by atoms with E-state index in [1.165, 1.54) is 23.5 Å². The van der Waals surface area contributed by atoms with Crippen LogP contribution in [0.25, 0.3) is 0 Å². The van der Waals surface area contributed by atoms with Gasteiger partial charge in [0, 0.05) is 23.6 Å². The van der Waals surface area contributed by atoms with Crippen molar-refractivity contribution in [3.05, 3.63) is 60.8 Å². The highest BCUT2D eigenvalue weighted by atomic mass is 35.5. The van der Waals surface area contributed by atoms with E-state index < -0.39 is 16.7 Å². The van der Waals surface area contributed by atoms with Crippen LogP contribution >= 0.6 is 22.9 Å². The molecule has 1 aromatic carbocycles. The summed E-state index contributed by atoms with van der Waals surface area (Å²) in [5.74, 6) is -0.941. The molecule has 0 radical (unpaired) electrons. The van der Waals surface area contributed by atoms with E-state index in [1.807, 2.05) is 17.9 Å². The van der Waals surface area contributed by atoms with Gasteiger partial charge in [0.25, 0.3) is 17.5 Å². The Labute approximate surface area is 152 Å². The van der Waals surface area contributed by atoms with Gasteiger partial charge in [0.05, 0.1) is 27.1 Å². The van der Waals surface area contributed by atoms with Gasteiger partial charge in [-0.1, -0.05) is 18.5 Å². The summed E-state index contributed by atoms with van der Waals surface area (Å²) >= 11 is 7.38. The van der Waals surface area contributed by atoms with E-state index in [0.717, 1.165) is 15.8 Å². The van der Waals surface area contributed by atoms with E-state index in [-0.39, 0.29) is 23.5 Å². The summed E-state index contributed by atoms with van der Waals surface area (Å²) in [5, 5.41) is 10.9. The molecule has 2 heterocycles. The molecule has 9 heteroatoms. The zero-order chi connectivity index (χ0) is 18.1. The number of nitrogens with zero attached hydrogens (tertiary/aromatic N) is 3. The molecule has 2 amide bonds. The van der Waals surface area contributed by atoms with Gasteiger partial charge in [0.2, 0.25) is 0 Å². The molecule has 3 rings (SSSR count). The molecule has 0 saturated carbocycles. The summed E-state index contributed by atoms with van der Waals surface area (Å²) in [7, 11) is 0. The second kappa shape index (κ2) is 6.91. The van der Waals surface area contributed by atoms with Crippen LogP contribution < -0.4 is 0 Å². The Balaban J connectivity index is 1.79. The van der Waals surface area contributed by atoms with Crippen molar-refractivity contribution < 1.29 is 14.5 Å². The number of nitro benzene ring substituents is 1. The van der Waals surface area contributed by atoms with E-state index in [1.54, 1.807) is 6.07 Å². The molecule has 25 heavy (non-hydrogen) atoms. The lowest BCUT2D eigenvalue weighted by Gasteiger charge is -2.24. The fourth-order valence-corrected chi connectivity index (χ4v) is 3.77. The Bertz CT molecular complexity index is 867. The smallest absolute Gasteiger partial charge is 0.270 e. The third kappa shape index (κ3) is 3.41. The van der Waals surface area contributed by atoms with Crippen molar-refractivity contribution in [3.63, 3.8) is 0 Å². The van der Waals surface area contributed by atoms with Crippen LogP contribution in [0.3, 0.4) is 0 Å². The highest BCUT2D eigenvalue weighted by Crippen LogP contribution is 2.28. The molecule has 0 unspecified atom stereocenters. The van der Waals surface area contributed by atoms with Crippen LogP contribution in [-0.2, 0) is 6.54 Å². The molecule has 1 aromatic heterocycles. The van der Waals surface area contributed by atoms with E-state index in [4.69, 9.17) is 11.6 Å². The summed E-state index contributed by atoms with van der Waals surface area (Å²) in [6.45, 7) is 3.23. The molecule has 0 N–H and O–H groups in total. The molecule has 2 aromatic rings. The predicted octanol–water partition coefficient (Wildman–Crippen LogP) is 3.39. The Hall–Kier alpha value is -2.29. The van der Waals surface area contributed by atoms with Gasteiger partial charge in [-0.2, -0.15) is 0 Å². The zero-order valence-corrected chi connectivity index (χ0v) is 14.8. The van der Waals surface area contributed by atoms with Gasteiger partial charge in [-0.05, 0) is 24.7 Å². The average molecular weight is 380 g/mol. The van der Waals surface area contributed by atoms with Gasteiger partial charge in [0.1, 0.15) is 0 Å². The first-order valence-electron chi connectivity index (χ1n) is 7.52. The molecule has 0 bridgehead atoms. The molecule has 1 aliphatic rings. The zero-order valence-electron chi connectivity index (χ0n) is 13.3. The minimum absolute atomic E-state index is 0.0782. The Morgan fingerprint density at radius 2 is 1.92 bits per heavy atom. The normalized spacial score (nSPS) is 13.6. The maximum absolute atomic E-state index is 12.5. The maximum atomic E-state index is 12.5. The SMILES string of the molecule is CCN(Cc1ccc(Cl)s1)CN1C(=O)c2ccc([N+](=O)[O-])cc2C1=O. The number of thiophene rings is 1. The van der Waals surface area contributed by atoms with Crippen LogP contribution in [0, 0.1) is 10.1 Å².